The standard InChI is InChI=1S/C17H16FN3O3S/c18-12-1-2-14-15(7-12)25-17(20-14)21(9-13-8-19-10-24-13)16(22)11-3-5-23-6-4-11/h1-2,7-8,10-11H,3-6,9H2. The van der Waals surface area contributed by atoms with Crippen LogP contribution in [0.15, 0.2) is 35.2 Å². The Labute approximate surface area is 147 Å². The lowest BCUT2D eigenvalue weighted by molar-refractivity contribution is -0.125. The van der Waals surface area contributed by atoms with Crippen LogP contribution in [0.3, 0.4) is 0 Å². The Balaban J connectivity index is 1.68. The molecule has 3 heterocycles. The van der Waals surface area contributed by atoms with Crippen molar-refractivity contribution in [2.75, 3.05) is 18.1 Å². The van der Waals surface area contributed by atoms with E-state index in [4.69, 9.17) is 9.15 Å². The van der Waals surface area contributed by atoms with Crippen molar-refractivity contribution in [3.8, 4) is 0 Å². The number of halogens is 1. The van der Waals surface area contributed by atoms with Crippen LogP contribution in [-0.2, 0) is 16.1 Å². The van der Waals surface area contributed by atoms with Crippen LogP contribution in [0, 0.1) is 11.7 Å². The van der Waals surface area contributed by atoms with Gasteiger partial charge in [-0.2, -0.15) is 0 Å². The van der Waals surface area contributed by atoms with Crippen molar-refractivity contribution in [1.82, 2.24) is 9.97 Å². The van der Waals surface area contributed by atoms with Gasteiger partial charge in [-0.15, -0.1) is 0 Å². The van der Waals surface area contributed by atoms with E-state index < -0.39 is 0 Å². The second kappa shape index (κ2) is 6.89. The minimum atomic E-state index is -0.319. The molecule has 1 amide bonds. The summed E-state index contributed by atoms with van der Waals surface area (Å²) in [6.45, 7) is 1.41. The molecular weight excluding hydrogens is 345 g/mol. The molecule has 1 aliphatic heterocycles. The van der Waals surface area contributed by atoms with Crippen molar-refractivity contribution >= 4 is 32.6 Å². The van der Waals surface area contributed by atoms with Crippen LogP contribution in [0.5, 0.6) is 0 Å². The molecule has 1 saturated heterocycles. The third kappa shape index (κ3) is 3.40. The fourth-order valence-electron chi connectivity index (χ4n) is 2.88. The Bertz CT molecular complexity index is 875. The van der Waals surface area contributed by atoms with Gasteiger partial charge in [-0.3, -0.25) is 9.69 Å². The smallest absolute Gasteiger partial charge is 0.232 e. The highest BCUT2D eigenvalue weighted by Gasteiger charge is 2.30. The third-order valence-electron chi connectivity index (χ3n) is 4.20. The lowest BCUT2D eigenvalue weighted by Gasteiger charge is -2.27. The lowest BCUT2D eigenvalue weighted by atomic mass is 9.99. The van der Waals surface area contributed by atoms with Crippen molar-refractivity contribution in [1.29, 1.82) is 0 Å². The number of rotatable bonds is 4. The first-order chi connectivity index (χ1) is 12.2. The molecule has 0 saturated carbocycles. The molecule has 1 aromatic carbocycles. The Hall–Kier alpha value is -2.32. The monoisotopic (exact) mass is 361 g/mol. The Morgan fingerprint density at radius 3 is 2.96 bits per heavy atom. The number of thiazole rings is 1. The normalized spacial score (nSPS) is 15.6. The number of carbonyl (C=O) groups is 1. The topological polar surface area (TPSA) is 68.5 Å². The van der Waals surface area contributed by atoms with Crippen molar-refractivity contribution in [2.24, 2.45) is 5.92 Å². The van der Waals surface area contributed by atoms with Gasteiger partial charge in [-0.1, -0.05) is 11.3 Å². The zero-order valence-electron chi connectivity index (χ0n) is 13.4. The molecule has 3 aromatic rings. The molecule has 130 valence electrons. The average molecular weight is 361 g/mol. The van der Waals surface area contributed by atoms with E-state index in [1.165, 1.54) is 29.9 Å². The Morgan fingerprint density at radius 2 is 2.20 bits per heavy atom. The highest BCUT2D eigenvalue weighted by atomic mass is 32.1. The predicted octanol–water partition coefficient (Wildman–Crippen LogP) is 3.38. The number of fused-ring (bicyclic) bond motifs is 1. The predicted molar refractivity (Wildman–Crippen MR) is 90.8 cm³/mol. The number of aromatic nitrogens is 2. The third-order valence-corrected chi connectivity index (χ3v) is 5.25. The fourth-order valence-corrected chi connectivity index (χ4v) is 3.88. The summed E-state index contributed by atoms with van der Waals surface area (Å²) in [7, 11) is 0. The van der Waals surface area contributed by atoms with Crippen LogP contribution in [-0.4, -0.2) is 29.1 Å². The van der Waals surface area contributed by atoms with Gasteiger partial charge in [0.05, 0.1) is 23.0 Å². The zero-order chi connectivity index (χ0) is 17.2. The molecule has 0 N–H and O–H groups in total. The van der Waals surface area contributed by atoms with E-state index in [2.05, 4.69) is 9.97 Å². The van der Waals surface area contributed by atoms with Crippen LogP contribution < -0.4 is 4.90 Å². The van der Waals surface area contributed by atoms with Crippen molar-refractivity contribution < 1.29 is 18.3 Å². The minimum absolute atomic E-state index is 0.0146. The number of oxazole rings is 1. The van der Waals surface area contributed by atoms with Crippen LogP contribution in [0.1, 0.15) is 18.6 Å². The van der Waals surface area contributed by atoms with Gasteiger partial charge in [0.2, 0.25) is 5.91 Å². The first-order valence-electron chi connectivity index (χ1n) is 8.03. The number of ether oxygens (including phenoxy) is 1. The second-order valence-electron chi connectivity index (χ2n) is 5.89. The number of nitrogens with zero attached hydrogens (tertiary/aromatic N) is 3. The highest BCUT2D eigenvalue weighted by molar-refractivity contribution is 7.22. The van der Waals surface area contributed by atoms with E-state index in [-0.39, 0.29) is 24.2 Å². The summed E-state index contributed by atoms with van der Waals surface area (Å²) in [5.41, 5.74) is 0.670. The molecule has 8 heteroatoms. The maximum atomic E-state index is 13.5. The summed E-state index contributed by atoms with van der Waals surface area (Å²) in [6.07, 6.45) is 4.29. The van der Waals surface area contributed by atoms with E-state index in [1.807, 2.05) is 0 Å². The molecule has 1 fully saturated rings. The van der Waals surface area contributed by atoms with Crippen LogP contribution in [0.2, 0.25) is 0 Å². The summed E-state index contributed by atoms with van der Waals surface area (Å²) in [6, 6.07) is 4.42. The van der Waals surface area contributed by atoms with Crippen LogP contribution in [0.25, 0.3) is 10.2 Å². The molecule has 0 atom stereocenters. The van der Waals surface area contributed by atoms with Gasteiger partial charge in [-0.05, 0) is 31.0 Å². The fraction of sp³-hybridized carbons (Fsp3) is 0.353. The first kappa shape index (κ1) is 16.2. The number of amides is 1. The molecule has 6 nitrogen and oxygen atoms in total. The van der Waals surface area contributed by atoms with E-state index in [0.29, 0.717) is 47.2 Å². The Morgan fingerprint density at radius 1 is 1.36 bits per heavy atom. The molecule has 0 radical (unpaired) electrons. The van der Waals surface area contributed by atoms with E-state index in [9.17, 15) is 9.18 Å². The van der Waals surface area contributed by atoms with E-state index in [0.717, 1.165) is 0 Å². The van der Waals surface area contributed by atoms with Crippen molar-refractivity contribution in [3.63, 3.8) is 0 Å². The maximum Gasteiger partial charge on any atom is 0.232 e. The quantitative estimate of drug-likeness (QED) is 0.713. The van der Waals surface area contributed by atoms with Gasteiger partial charge in [0.1, 0.15) is 11.6 Å². The molecule has 1 aliphatic rings. The van der Waals surface area contributed by atoms with Gasteiger partial charge in [0, 0.05) is 19.1 Å². The summed E-state index contributed by atoms with van der Waals surface area (Å²) in [4.78, 5) is 23.1. The highest BCUT2D eigenvalue weighted by Crippen LogP contribution is 2.32. The molecule has 0 spiro atoms. The van der Waals surface area contributed by atoms with Crippen molar-refractivity contribution in [2.45, 2.75) is 19.4 Å². The van der Waals surface area contributed by atoms with Crippen molar-refractivity contribution in [3.05, 3.63) is 42.4 Å². The molecule has 0 aliphatic carbocycles. The largest absolute Gasteiger partial charge is 0.447 e. The van der Waals surface area contributed by atoms with Crippen LogP contribution in [0.4, 0.5) is 9.52 Å². The van der Waals surface area contributed by atoms with Gasteiger partial charge < -0.3 is 9.15 Å². The SMILES string of the molecule is O=C(C1CCOCC1)N(Cc1cnco1)c1nc2ccc(F)cc2s1. The minimum Gasteiger partial charge on any atom is -0.447 e. The summed E-state index contributed by atoms with van der Waals surface area (Å²) in [5, 5.41) is 0.536. The maximum absolute atomic E-state index is 13.5. The van der Waals surface area contributed by atoms with Gasteiger partial charge in [-0.25, -0.2) is 14.4 Å². The number of carbonyl (C=O) groups excluding carboxylic acids is 1. The number of anilines is 1. The molecule has 25 heavy (non-hydrogen) atoms. The van der Waals surface area contributed by atoms with E-state index in [1.54, 1.807) is 17.2 Å². The molecule has 0 bridgehead atoms. The lowest BCUT2D eigenvalue weighted by Crippen LogP contribution is -2.38. The summed E-state index contributed by atoms with van der Waals surface area (Å²) in [5.74, 6) is 0.130. The molecule has 2 aromatic heterocycles. The van der Waals surface area contributed by atoms with Gasteiger partial charge in [0.25, 0.3) is 0 Å². The first-order valence-corrected chi connectivity index (χ1v) is 8.85. The summed E-state index contributed by atoms with van der Waals surface area (Å²) >= 11 is 1.29. The number of hydrogen-bond acceptors (Lipinski definition) is 6. The van der Waals surface area contributed by atoms with Gasteiger partial charge >= 0.3 is 0 Å². The molecule has 4 rings (SSSR count). The number of benzene rings is 1. The average Bonchev–Trinajstić information content (AvgIpc) is 3.28. The van der Waals surface area contributed by atoms with E-state index >= 15 is 0 Å². The second-order valence-corrected chi connectivity index (χ2v) is 6.90. The number of hydrogen-bond donors (Lipinski definition) is 0. The summed E-state index contributed by atoms with van der Waals surface area (Å²) < 4.78 is 24.8. The molecular formula is C17H16FN3O3S. The zero-order valence-corrected chi connectivity index (χ0v) is 14.2. The van der Waals surface area contributed by atoms with Crippen LogP contribution >= 0.6 is 11.3 Å². The molecule has 0 unspecified atom stereocenters. The van der Waals surface area contributed by atoms with Gasteiger partial charge in [0.15, 0.2) is 11.5 Å². The Kier molecular flexibility index (Phi) is 4.46.